The number of hydrogen-bond acceptors (Lipinski definition) is 6. The smallest absolute Gasteiger partial charge is 0.490 e. The highest BCUT2D eigenvalue weighted by Crippen LogP contribution is 2.36. The van der Waals surface area contributed by atoms with Crippen molar-refractivity contribution in [2.75, 3.05) is 19.4 Å². The molecule has 3 N–H and O–H groups in total. The molecule has 2 aromatic heterocycles. The maximum atomic E-state index is 13.2. The fourth-order valence-electron chi connectivity index (χ4n) is 3.90. The van der Waals surface area contributed by atoms with Gasteiger partial charge in [0.25, 0.3) is 5.91 Å². The number of nitrogens with zero attached hydrogens (tertiary/aromatic N) is 4. The van der Waals surface area contributed by atoms with Gasteiger partial charge in [0.2, 0.25) is 0 Å². The molecule has 9 nitrogen and oxygen atoms in total. The highest BCUT2D eigenvalue weighted by molar-refractivity contribution is 6.10. The quantitative estimate of drug-likeness (QED) is 0.443. The number of alkyl halides is 3. The van der Waals surface area contributed by atoms with Gasteiger partial charge in [-0.05, 0) is 24.3 Å². The molecule has 12 heteroatoms. The summed E-state index contributed by atoms with van der Waals surface area (Å²) in [7, 11) is 3.66. The van der Waals surface area contributed by atoms with Gasteiger partial charge < -0.3 is 20.5 Å². The fourth-order valence-corrected chi connectivity index (χ4v) is 3.90. The summed E-state index contributed by atoms with van der Waals surface area (Å²) in [6, 6.07) is 13.2. The second-order valence-corrected chi connectivity index (χ2v) is 7.84. The van der Waals surface area contributed by atoms with Gasteiger partial charge in [0.1, 0.15) is 18.2 Å². The predicted octanol–water partition coefficient (Wildman–Crippen LogP) is 3.54. The summed E-state index contributed by atoms with van der Waals surface area (Å²) in [4.78, 5) is 28.3. The summed E-state index contributed by atoms with van der Waals surface area (Å²) in [6.07, 6.45) is -3.38. The molecule has 1 amide bonds. The van der Waals surface area contributed by atoms with Crippen molar-refractivity contribution in [1.29, 1.82) is 0 Å². The first-order chi connectivity index (χ1) is 16.5. The van der Waals surface area contributed by atoms with Gasteiger partial charge in [-0.1, -0.05) is 18.2 Å². The van der Waals surface area contributed by atoms with E-state index in [9.17, 15) is 18.0 Å². The third kappa shape index (κ3) is 4.42. The second kappa shape index (κ2) is 8.78. The van der Waals surface area contributed by atoms with E-state index in [1.165, 1.54) is 0 Å². The lowest BCUT2D eigenvalue weighted by atomic mass is 10.0. The summed E-state index contributed by atoms with van der Waals surface area (Å²) < 4.78 is 39.2. The van der Waals surface area contributed by atoms with Crippen molar-refractivity contribution in [3.8, 4) is 5.75 Å². The Morgan fingerprint density at radius 1 is 1.20 bits per heavy atom. The minimum absolute atomic E-state index is 0.0700. The van der Waals surface area contributed by atoms with Gasteiger partial charge >= 0.3 is 12.1 Å². The van der Waals surface area contributed by atoms with Crippen LogP contribution in [0.1, 0.15) is 22.0 Å². The molecule has 1 atom stereocenters. The molecule has 0 saturated heterocycles. The van der Waals surface area contributed by atoms with Crippen molar-refractivity contribution in [3.05, 3.63) is 59.8 Å². The number of fused-ring (bicyclic) bond motifs is 4. The molecule has 0 spiro atoms. The number of nitrogens with two attached hydrogens (primary N) is 1. The summed E-state index contributed by atoms with van der Waals surface area (Å²) in [6.45, 7) is 0.458. The van der Waals surface area contributed by atoms with Crippen molar-refractivity contribution in [3.63, 3.8) is 0 Å². The van der Waals surface area contributed by atoms with Gasteiger partial charge in [-0.15, -0.1) is 0 Å². The molecule has 0 bridgehead atoms. The highest BCUT2D eigenvalue weighted by Gasteiger charge is 2.38. The summed E-state index contributed by atoms with van der Waals surface area (Å²) in [5, 5.41) is 13.1. The van der Waals surface area contributed by atoms with E-state index in [1.54, 1.807) is 21.8 Å². The summed E-state index contributed by atoms with van der Waals surface area (Å²) in [5.74, 6) is -1.56. The first-order valence-corrected chi connectivity index (χ1v) is 10.3. The zero-order valence-corrected chi connectivity index (χ0v) is 18.6. The molecule has 0 radical (unpaired) electrons. The molecule has 1 unspecified atom stereocenters. The zero-order valence-electron chi connectivity index (χ0n) is 18.6. The number of para-hydroxylation sites is 1. The van der Waals surface area contributed by atoms with Crippen LogP contribution in [0.15, 0.2) is 48.7 Å². The molecular formula is C23H20F3N5O4. The van der Waals surface area contributed by atoms with Crippen LogP contribution in [0.3, 0.4) is 0 Å². The molecule has 1 aliphatic heterocycles. The topological polar surface area (TPSA) is 124 Å². The Balaban J connectivity index is 0.000000364. The predicted molar refractivity (Wildman–Crippen MR) is 121 cm³/mol. The van der Waals surface area contributed by atoms with Gasteiger partial charge in [-0.2, -0.15) is 18.3 Å². The van der Waals surface area contributed by atoms with E-state index in [0.717, 1.165) is 33.1 Å². The number of halogens is 3. The monoisotopic (exact) mass is 487 g/mol. The van der Waals surface area contributed by atoms with Crippen LogP contribution in [-0.4, -0.2) is 56.5 Å². The number of benzene rings is 2. The lowest BCUT2D eigenvalue weighted by molar-refractivity contribution is -0.192. The Labute approximate surface area is 196 Å². The standard InChI is InChI=1S/C21H19N5O2.C2HF3O2/c1-25(17-11-28-18-6-4-3-5-13(17)18)21(27)12-7-8-16-14(9-12)19-15(20(22)24-16)10-23-26(19)2;3-2(4,5)1(6)7/h3-10,17H,11H2,1-2H3,(H2,22,24);(H,6,7). The maximum Gasteiger partial charge on any atom is 0.490 e. The number of amides is 1. The lowest BCUT2D eigenvalue weighted by Gasteiger charge is -2.24. The van der Waals surface area contributed by atoms with Gasteiger partial charge in [0.15, 0.2) is 0 Å². The number of nitrogen functional groups attached to an aromatic ring is 1. The van der Waals surface area contributed by atoms with Crippen molar-refractivity contribution < 1.29 is 32.6 Å². The number of carbonyl (C=O) groups is 2. The van der Waals surface area contributed by atoms with Crippen LogP contribution in [0.2, 0.25) is 0 Å². The Morgan fingerprint density at radius 2 is 1.89 bits per heavy atom. The molecule has 2 aromatic carbocycles. The molecule has 0 saturated carbocycles. The van der Waals surface area contributed by atoms with Crippen molar-refractivity contribution in [1.82, 2.24) is 19.7 Å². The normalized spacial score (nSPS) is 14.7. The van der Waals surface area contributed by atoms with Gasteiger partial charge in [-0.3, -0.25) is 9.48 Å². The minimum Gasteiger partial charge on any atom is -0.491 e. The number of ether oxygens (including phenoxy) is 1. The van der Waals surface area contributed by atoms with E-state index >= 15 is 0 Å². The molecule has 5 rings (SSSR count). The number of anilines is 1. The molecule has 1 aliphatic rings. The maximum absolute atomic E-state index is 13.2. The second-order valence-electron chi connectivity index (χ2n) is 7.84. The third-order valence-electron chi connectivity index (χ3n) is 5.66. The number of rotatable bonds is 2. The average molecular weight is 487 g/mol. The molecule has 3 heterocycles. The van der Waals surface area contributed by atoms with Crippen molar-refractivity contribution >= 4 is 39.5 Å². The van der Waals surface area contributed by atoms with Crippen LogP contribution < -0.4 is 10.5 Å². The van der Waals surface area contributed by atoms with Crippen LogP contribution in [0.25, 0.3) is 21.8 Å². The van der Waals surface area contributed by atoms with E-state index in [0.29, 0.717) is 18.0 Å². The minimum atomic E-state index is -5.08. The third-order valence-corrected chi connectivity index (χ3v) is 5.66. The van der Waals surface area contributed by atoms with E-state index in [1.807, 2.05) is 50.5 Å². The SMILES string of the molecule is CN(C(=O)c1ccc2nc(N)c3cnn(C)c3c2c1)C1COc2ccccc21.O=C(O)C(F)(F)F. The van der Waals surface area contributed by atoms with Crippen LogP contribution in [0.4, 0.5) is 19.0 Å². The van der Waals surface area contributed by atoms with Crippen LogP contribution >= 0.6 is 0 Å². The van der Waals surface area contributed by atoms with Crippen molar-refractivity contribution in [2.45, 2.75) is 12.2 Å². The molecule has 0 aliphatic carbocycles. The Hall–Kier alpha value is -4.35. The van der Waals surface area contributed by atoms with E-state index in [2.05, 4.69) is 10.1 Å². The number of pyridine rings is 1. The van der Waals surface area contributed by atoms with E-state index in [4.69, 9.17) is 20.4 Å². The number of carboxylic acid groups (broad SMARTS) is 1. The van der Waals surface area contributed by atoms with E-state index < -0.39 is 12.1 Å². The Kier molecular flexibility index (Phi) is 5.97. The van der Waals surface area contributed by atoms with Crippen LogP contribution in [0.5, 0.6) is 5.75 Å². The summed E-state index contributed by atoms with van der Waals surface area (Å²) in [5.41, 5.74) is 9.29. The highest BCUT2D eigenvalue weighted by atomic mass is 19.4. The zero-order chi connectivity index (χ0) is 25.5. The first kappa shape index (κ1) is 23.8. The first-order valence-electron chi connectivity index (χ1n) is 10.3. The van der Waals surface area contributed by atoms with Crippen molar-refractivity contribution in [2.24, 2.45) is 7.05 Å². The molecule has 35 heavy (non-hydrogen) atoms. The van der Waals surface area contributed by atoms with Gasteiger partial charge in [0.05, 0.1) is 28.7 Å². The molecular weight excluding hydrogens is 467 g/mol. The van der Waals surface area contributed by atoms with Crippen LogP contribution in [0, 0.1) is 0 Å². The number of likely N-dealkylation sites (N-methyl/N-ethyl adjacent to an activating group) is 1. The molecule has 4 aromatic rings. The average Bonchev–Trinajstić information content (AvgIpc) is 3.42. The number of aliphatic carboxylic acids is 1. The number of aromatic nitrogens is 3. The fraction of sp³-hybridized carbons (Fsp3) is 0.217. The Morgan fingerprint density at radius 3 is 2.57 bits per heavy atom. The number of hydrogen-bond donors (Lipinski definition) is 2. The van der Waals surface area contributed by atoms with Gasteiger partial charge in [0, 0.05) is 30.6 Å². The number of carbonyl (C=O) groups excluding carboxylic acids is 1. The largest absolute Gasteiger partial charge is 0.491 e. The Bertz CT molecular complexity index is 1450. The molecule has 0 fully saturated rings. The number of carboxylic acids is 1. The molecule has 182 valence electrons. The van der Waals surface area contributed by atoms with Crippen LogP contribution in [-0.2, 0) is 11.8 Å². The summed E-state index contributed by atoms with van der Waals surface area (Å²) >= 11 is 0. The van der Waals surface area contributed by atoms with Gasteiger partial charge in [-0.25, -0.2) is 9.78 Å². The number of aryl methyl sites for hydroxylation is 1. The lowest BCUT2D eigenvalue weighted by Crippen LogP contribution is -2.32. The van der Waals surface area contributed by atoms with E-state index in [-0.39, 0.29) is 11.9 Å².